The Hall–Kier alpha value is -1.42. The molecule has 0 bridgehead atoms. The molecule has 0 aliphatic heterocycles. The lowest BCUT2D eigenvalue weighted by molar-refractivity contribution is -0.395. The van der Waals surface area contributed by atoms with Crippen molar-refractivity contribution in [2.45, 2.75) is 43.7 Å². The molecular weight excluding hydrogens is 335 g/mol. The third-order valence-corrected chi connectivity index (χ3v) is 2.37. The molecule has 0 fully saturated rings. The fourth-order valence-electron chi connectivity index (χ4n) is 1.16. The quantitative estimate of drug-likeness (QED) is 0.389. The van der Waals surface area contributed by atoms with Gasteiger partial charge in [-0.2, -0.15) is 39.5 Å². The molecule has 0 aromatic heterocycles. The predicted octanol–water partition coefficient (Wildman–Crippen LogP) is 4.35. The van der Waals surface area contributed by atoms with Crippen LogP contribution in [0.4, 0.5) is 39.5 Å². The standard InChI is InChI=1S/C11H11F9O2/c1-3-4-22-7(21)6(2)5-8(12,13)9(14,15)10(16,17)11(18,19)20/h2-5H2,1H3. The van der Waals surface area contributed by atoms with Gasteiger partial charge in [-0.15, -0.1) is 0 Å². The van der Waals surface area contributed by atoms with Crippen LogP contribution in [0.1, 0.15) is 19.8 Å². The Kier molecular flexibility index (Phi) is 5.96. The summed E-state index contributed by atoms with van der Waals surface area (Å²) in [5.74, 6) is -21.2. The van der Waals surface area contributed by atoms with Crippen LogP contribution in [0.5, 0.6) is 0 Å². The molecule has 11 heteroatoms. The van der Waals surface area contributed by atoms with Gasteiger partial charge in [0.1, 0.15) is 0 Å². The maximum absolute atomic E-state index is 13.2. The molecule has 0 atom stereocenters. The number of esters is 1. The van der Waals surface area contributed by atoms with Gasteiger partial charge in [-0.1, -0.05) is 13.5 Å². The summed E-state index contributed by atoms with van der Waals surface area (Å²) in [4.78, 5) is 11.0. The fourth-order valence-corrected chi connectivity index (χ4v) is 1.16. The van der Waals surface area contributed by atoms with Crippen LogP contribution < -0.4 is 0 Å². The highest BCUT2D eigenvalue weighted by Crippen LogP contribution is 2.54. The van der Waals surface area contributed by atoms with Crippen molar-refractivity contribution in [2.24, 2.45) is 0 Å². The van der Waals surface area contributed by atoms with Gasteiger partial charge < -0.3 is 4.74 Å². The first-order valence-electron chi connectivity index (χ1n) is 5.67. The van der Waals surface area contributed by atoms with Crippen molar-refractivity contribution in [3.8, 4) is 0 Å². The van der Waals surface area contributed by atoms with Crippen LogP contribution in [0.15, 0.2) is 12.2 Å². The molecule has 0 saturated heterocycles. The molecule has 0 saturated carbocycles. The van der Waals surface area contributed by atoms with E-state index in [0.717, 1.165) is 0 Å². The number of ether oxygens (including phenoxy) is 1. The molecule has 0 heterocycles. The lowest BCUT2D eigenvalue weighted by Gasteiger charge is -2.33. The Morgan fingerprint density at radius 1 is 0.955 bits per heavy atom. The van der Waals surface area contributed by atoms with E-state index in [1.54, 1.807) is 0 Å². The number of hydrogen-bond donors (Lipinski definition) is 0. The van der Waals surface area contributed by atoms with Gasteiger partial charge in [-0.05, 0) is 6.42 Å². The number of carbonyl (C=O) groups is 1. The Morgan fingerprint density at radius 2 is 1.41 bits per heavy atom. The zero-order valence-corrected chi connectivity index (χ0v) is 11.0. The van der Waals surface area contributed by atoms with E-state index in [4.69, 9.17) is 0 Å². The second kappa shape index (κ2) is 6.37. The highest BCUT2D eigenvalue weighted by atomic mass is 19.4. The smallest absolute Gasteiger partial charge is 0.460 e. The summed E-state index contributed by atoms with van der Waals surface area (Å²) in [5.41, 5.74) is -1.35. The summed E-state index contributed by atoms with van der Waals surface area (Å²) in [5, 5.41) is 0. The van der Waals surface area contributed by atoms with Gasteiger partial charge in [-0.3, -0.25) is 0 Å². The van der Waals surface area contributed by atoms with Crippen LogP contribution >= 0.6 is 0 Å². The minimum absolute atomic E-state index is 0.234. The SMILES string of the molecule is C=C(CC(F)(F)C(F)(F)C(F)(F)C(F)(F)F)C(=O)OCCC. The van der Waals surface area contributed by atoms with E-state index >= 15 is 0 Å². The number of carbonyl (C=O) groups excluding carboxylic acids is 1. The maximum Gasteiger partial charge on any atom is 0.460 e. The zero-order valence-electron chi connectivity index (χ0n) is 11.0. The number of hydrogen-bond acceptors (Lipinski definition) is 2. The predicted molar refractivity (Wildman–Crippen MR) is 55.9 cm³/mol. The minimum atomic E-state index is -6.99. The lowest BCUT2D eigenvalue weighted by atomic mass is 9.97. The molecule has 0 spiro atoms. The van der Waals surface area contributed by atoms with E-state index < -0.39 is 41.9 Å². The summed E-state index contributed by atoms with van der Waals surface area (Å²) >= 11 is 0. The minimum Gasteiger partial charge on any atom is -0.462 e. The van der Waals surface area contributed by atoms with Crippen molar-refractivity contribution in [1.29, 1.82) is 0 Å². The van der Waals surface area contributed by atoms with Crippen LogP contribution in [-0.2, 0) is 9.53 Å². The Morgan fingerprint density at radius 3 is 1.77 bits per heavy atom. The Labute approximate surface area is 118 Å². The molecular formula is C11H11F9O2. The zero-order chi connectivity index (χ0) is 18.0. The number of rotatable bonds is 7. The third kappa shape index (κ3) is 3.86. The summed E-state index contributed by atoms with van der Waals surface area (Å²) in [6.07, 6.45) is -9.07. The molecule has 0 radical (unpaired) electrons. The monoisotopic (exact) mass is 346 g/mol. The van der Waals surface area contributed by atoms with Crippen molar-refractivity contribution < 1.29 is 49.0 Å². The first-order valence-corrected chi connectivity index (χ1v) is 5.67. The van der Waals surface area contributed by atoms with Gasteiger partial charge in [0.25, 0.3) is 0 Å². The average Bonchev–Trinajstić information content (AvgIpc) is 2.33. The second-order valence-electron chi connectivity index (χ2n) is 4.27. The lowest BCUT2D eigenvalue weighted by Crippen LogP contribution is -2.61. The van der Waals surface area contributed by atoms with Crippen LogP contribution in [0.3, 0.4) is 0 Å². The molecule has 0 amide bonds. The summed E-state index contributed by atoms with van der Waals surface area (Å²) < 4.78 is 117. The van der Waals surface area contributed by atoms with Crippen molar-refractivity contribution in [1.82, 2.24) is 0 Å². The largest absolute Gasteiger partial charge is 0.462 e. The molecule has 0 N–H and O–H groups in total. The second-order valence-corrected chi connectivity index (χ2v) is 4.27. The Balaban J connectivity index is 5.30. The molecule has 0 aromatic rings. The van der Waals surface area contributed by atoms with Crippen LogP contribution in [0.2, 0.25) is 0 Å². The molecule has 22 heavy (non-hydrogen) atoms. The molecule has 0 aliphatic carbocycles. The maximum atomic E-state index is 13.2. The van der Waals surface area contributed by atoms with Gasteiger partial charge in [0.05, 0.1) is 6.61 Å². The molecule has 0 aromatic carbocycles. The fraction of sp³-hybridized carbons (Fsp3) is 0.727. The normalized spacial score (nSPS) is 13.9. The van der Waals surface area contributed by atoms with E-state index in [2.05, 4.69) is 11.3 Å². The average molecular weight is 346 g/mol. The molecule has 2 nitrogen and oxygen atoms in total. The highest BCUT2D eigenvalue weighted by Gasteiger charge is 2.81. The van der Waals surface area contributed by atoms with Crippen molar-refractivity contribution >= 4 is 5.97 Å². The number of halogens is 9. The number of alkyl halides is 9. The van der Waals surface area contributed by atoms with Gasteiger partial charge in [-0.25, -0.2) is 4.79 Å². The topological polar surface area (TPSA) is 26.3 Å². The first-order chi connectivity index (χ1) is 9.62. The summed E-state index contributed by atoms with van der Waals surface area (Å²) in [7, 11) is 0. The van der Waals surface area contributed by atoms with E-state index in [1.165, 1.54) is 6.92 Å². The van der Waals surface area contributed by atoms with Crippen LogP contribution in [0.25, 0.3) is 0 Å². The van der Waals surface area contributed by atoms with Gasteiger partial charge in [0, 0.05) is 12.0 Å². The van der Waals surface area contributed by atoms with E-state index in [0.29, 0.717) is 0 Å². The molecule has 130 valence electrons. The Bertz CT molecular complexity index is 426. The molecule has 0 rings (SSSR count). The van der Waals surface area contributed by atoms with Gasteiger partial charge >= 0.3 is 29.9 Å². The molecule has 0 unspecified atom stereocenters. The van der Waals surface area contributed by atoms with Crippen molar-refractivity contribution in [3.05, 3.63) is 12.2 Å². The van der Waals surface area contributed by atoms with E-state index in [9.17, 15) is 44.3 Å². The summed E-state index contributed by atoms with van der Waals surface area (Å²) in [6, 6.07) is 0. The van der Waals surface area contributed by atoms with Gasteiger partial charge in [0.2, 0.25) is 0 Å². The van der Waals surface area contributed by atoms with Crippen LogP contribution in [-0.4, -0.2) is 36.5 Å². The first kappa shape index (κ1) is 20.6. The third-order valence-electron chi connectivity index (χ3n) is 2.37. The van der Waals surface area contributed by atoms with E-state index in [1.807, 2.05) is 0 Å². The summed E-state index contributed by atoms with van der Waals surface area (Å²) in [6.45, 7) is 3.85. The van der Waals surface area contributed by atoms with Gasteiger partial charge in [0.15, 0.2) is 0 Å². The van der Waals surface area contributed by atoms with Crippen molar-refractivity contribution in [2.75, 3.05) is 6.61 Å². The molecule has 0 aliphatic rings. The van der Waals surface area contributed by atoms with E-state index in [-0.39, 0.29) is 13.0 Å². The highest BCUT2D eigenvalue weighted by molar-refractivity contribution is 5.87. The van der Waals surface area contributed by atoms with Crippen LogP contribution in [0, 0.1) is 0 Å². The van der Waals surface area contributed by atoms with Crippen molar-refractivity contribution in [3.63, 3.8) is 0 Å².